The van der Waals surface area contributed by atoms with Crippen LogP contribution in [0.3, 0.4) is 0 Å². The first-order valence-electron chi connectivity index (χ1n) is 22.0. The molecule has 322 valence electrons. The van der Waals surface area contributed by atoms with Crippen molar-refractivity contribution in [1.82, 2.24) is 39.8 Å². The second-order valence-corrected chi connectivity index (χ2v) is 18.0. The number of anilines is 1. The minimum atomic E-state index is -0.854. The average molecular weight is 846 g/mol. The van der Waals surface area contributed by atoms with Crippen LogP contribution >= 0.6 is 11.6 Å². The van der Waals surface area contributed by atoms with Crippen molar-refractivity contribution in [1.29, 1.82) is 0 Å². The number of unbranched alkanes of at least 4 members (excludes halogenated alkanes) is 4. The van der Waals surface area contributed by atoms with E-state index in [2.05, 4.69) is 25.6 Å². The Kier molecular flexibility index (Phi) is 13.0. The molecule has 14 nitrogen and oxygen atoms in total. The molecule has 60 heavy (non-hydrogen) atoms. The highest BCUT2D eigenvalue weighted by Crippen LogP contribution is 2.39. The molecule has 16 heteroatoms. The van der Waals surface area contributed by atoms with Crippen LogP contribution in [0.2, 0.25) is 5.02 Å². The van der Waals surface area contributed by atoms with Gasteiger partial charge in [-0.15, -0.1) is 0 Å². The number of amides is 4. The van der Waals surface area contributed by atoms with E-state index >= 15 is 0 Å². The fourth-order valence-corrected chi connectivity index (χ4v) is 10.1. The number of piperidine rings is 2. The molecule has 4 fully saturated rings. The predicted octanol–water partition coefficient (Wildman–Crippen LogP) is 6.92. The van der Waals surface area contributed by atoms with E-state index < -0.39 is 23.9 Å². The lowest BCUT2D eigenvalue weighted by Gasteiger charge is -2.35. The summed E-state index contributed by atoms with van der Waals surface area (Å²) in [6.07, 6.45) is 16.5. The number of aryl methyl sites for hydroxylation is 1. The smallest absolute Gasteiger partial charge is 0.407 e. The standard InChI is InChI=1S/C44H57ClFN9O5/c1-52-38(20-27-9-10-27)34(23-48-52)40-36(45)24-47-43(51-40)49-30-11-13-31(14-12-30)54(44(59)60)19-6-4-2-3-5-17-53-18-7-8-28(25-53)32-21-29(46)22-33-35(32)26-55(42(33)58)37-15-16-39(56)50-41(37)57/h21-24,27-28,30-31,37H,2-20,25-26H2,1H3,(H,59,60)(H,47,49,51)(H,50,56,57)/t28?,30-,31-,37?. The van der Waals surface area contributed by atoms with Gasteiger partial charge < -0.3 is 25.1 Å². The van der Waals surface area contributed by atoms with E-state index in [0.717, 1.165) is 119 Å². The molecule has 8 rings (SSSR count). The number of nitrogens with zero attached hydrogens (tertiary/aromatic N) is 7. The number of fused-ring (bicyclic) bond motifs is 1. The highest BCUT2D eigenvalue weighted by molar-refractivity contribution is 6.33. The quantitative estimate of drug-likeness (QED) is 0.102. The van der Waals surface area contributed by atoms with Crippen LogP contribution in [-0.4, -0.2) is 108 Å². The highest BCUT2D eigenvalue weighted by atomic mass is 35.5. The van der Waals surface area contributed by atoms with Gasteiger partial charge in [0.25, 0.3) is 5.91 Å². The third-order valence-corrected chi connectivity index (χ3v) is 13.7. The van der Waals surface area contributed by atoms with Crippen LogP contribution in [0, 0.1) is 11.7 Å². The molecule has 4 amide bonds. The van der Waals surface area contributed by atoms with Crippen LogP contribution in [0.25, 0.3) is 11.3 Å². The zero-order valence-electron chi connectivity index (χ0n) is 34.5. The van der Waals surface area contributed by atoms with Crippen molar-refractivity contribution in [2.45, 2.75) is 133 Å². The van der Waals surface area contributed by atoms with Gasteiger partial charge in [0.15, 0.2) is 0 Å². The number of rotatable bonds is 16. The number of carboxylic acid groups (broad SMARTS) is 1. The van der Waals surface area contributed by atoms with Crippen molar-refractivity contribution in [3.63, 3.8) is 0 Å². The van der Waals surface area contributed by atoms with Gasteiger partial charge in [-0.25, -0.2) is 19.2 Å². The molecule has 2 unspecified atom stereocenters. The SMILES string of the molecule is Cn1ncc(-c2nc(N[C@H]3CC[C@H](N(CCCCCCCN4CCCC(c5cc(F)cc6c5CN(C5CCC(=O)NC5=O)C6=O)C4)C(=O)O)CC3)ncc2Cl)c1CC1CC1. The van der Waals surface area contributed by atoms with Crippen molar-refractivity contribution < 1.29 is 28.7 Å². The minimum absolute atomic E-state index is 0.00684. The maximum atomic E-state index is 14.9. The first-order chi connectivity index (χ1) is 29.0. The van der Waals surface area contributed by atoms with Gasteiger partial charge in [-0.05, 0) is 125 Å². The van der Waals surface area contributed by atoms with Gasteiger partial charge >= 0.3 is 6.09 Å². The van der Waals surface area contributed by atoms with Crippen molar-refractivity contribution >= 4 is 41.4 Å². The van der Waals surface area contributed by atoms with Crippen LogP contribution in [0.4, 0.5) is 15.1 Å². The summed E-state index contributed by atoms with van der Waals surface area (Å²) >= 11 is 6.59. The minimum Gasteiger partial charge on any atom is -0.465 e. The molecule has 3 aliphatic heterocycles. The number of benzene rings is 1. The second-order valence-electron chi connectivity index (χ2n) is 17.6. The Labute approximate surface area is 355 Å². The fraction of sp³-hybridized carbons (Fsp3) is 0.614. The lowest BCUT2D eigenvalue weighted by atomic mass is 9.86. The molecule has 1 aromatic carbocycles. The Morgan fingerprint density at radius 2 is 1.78 bits per heavy atom. The maximum Gasteiger partial charge on any atom is 0.407 e. The van der Waals surface area contributed by atoms with Gasteiger partial charge in [0.2, 0.25) is 17.8 Å². The molecule has 2 aliphatic carbocycles. The lowest BCUT2D eigenvalue weighted by molar-refractivity contribution is -0.136. The molecule has 3 aromatic rings. The van der Waals surface area contributed by atoms with Gasteiger partial charge in [-0.2, -0.15) is 5.10 Å². The van der Waals surface area contributed by atoms with Crippen LogP contribution in [0.15, 0.2) is 24.5 Å². The second kappa shape index (κ2) is 18.6. The zero-order chi connectivity index (χ0) is 41.9. The van der Waals surface area contributed by atoms with Crippen LogP contribution in [0.5, 0.6) is 0 Å². The third-order valence-electron chi connectivity index (χ3n) is 13.4. The summed E-state index contributed by atoms with van der Waals surface area (Å²) in [4.78, 5) is 64.9. The number of imide groups is 1. The summed E-state index contributed by atoms with van der Waals surface area (Å²) in [7, 11) is 1.96. The Balaban J connectivity index is 0.754. The Morgan fingerprint density at radius 1 is 1.00 bits per heavy atom. The number of nitrogens with one attached hydrogen (secondary N) is 2. The van der Waals surface area contributed by atoms with Crippen LogP contribution in [0.1, 0.15) is 129 Å². The first-order valence-corrected chi connectivity index (χ1v) is 22.4. The summed E-state index contributed by atoms with van der Waals surface area (Å²) in [5, 5.41) is 20.9. The molecule has 3 N–H and O–H groups in total. The number of aromatic nitrogens is 4. The molecule has 2 saturated heterocycles. The van der Waals surface area contributed by atoms with Crippen molar-refractivity contribution in [2.24, 2.45) is 13.0 Å². The van der Waals surface area contributed by atoms with Crippen LogP contribution in [-0.2, 0) is 29.6 Å². The lowest BCUT2D eigenvalue weighted by Crippen LogP contribution is -2.52. The first kappa shape index (κ1) is 42.1. The number of hydrogen-bond acceptors (Lipinski definition) is 9. The Morgan fingerprint density at radius 3 is 2.55 bits per heavy atom. The number of likely N-dealkylation sites (tertiary alicyclic amines) is 1. The van der Waals surface area contributed by atoms with E-state index in [0.29, 0.717) is 34.7 Å². The molecule has 0 radical (unpaired) electrons. The molecular weight excluding hydrogens is 789 g/mol. The van der Waals surface area contributed by atoms with Crippen molar-refractivity contribution in [2.75, 3.05) is 31.5 Å². The van der Waals surface area contributed by atoms with E-state index in [9.17, 15) is 28.7 Å². The van der Waals surface area contributed by atoms with E-state index in [4.69, 9.17) is 16.6 Å². The maximum absolute atomic E-state index is 14.9. The van der Waals surface area contributed by atoms with Gasteiger partial charge in [-0.3, -0.25) is 24.4 Å². The molecule has 0 bridgehead atoms. The Hall–Kier alpha value is -4.63. The largest absolute Gasteiger partial charge is 0.465 e. The number of carbonyl (C=O) groups excluding carboxylic acids is 3. The van der Waals surface area contributed by atoms with Gasteiger partial charge in [0, 0.05) is 62.0 Å². The zero-order valence-corrected chi connectivity index (χ0v) is 35.3. The van der Waals surface area contributed by atoms with E-state index in [-0.39, 0.29) is 49.2 Å². The summed E-state index contributed by atoms with van der Waals surface area (Å²) in [5.41, 5.74) is 4.77. The average Bonchev–Trinajstić information content (AvgIpc) is 3.91. The molecule has 2 aromatic heterocycles. The summed E-state index contributed by atoms with van der Waals surface area (Å²) in [6.45, 7) is 3.47. The monoisotopic (exact) mass is 845 g/mol. The van der Waals surface area contributed by atoms with Gasteiger partial charge in [0.05, 0.1) is 23.1 Å². The van der Waals surface area contributed by atoms with Crippen molar-refractivity contribution in [3.05, 3.63) is 57.8 Å². The molecule has 5 aliphatic rings. The number of carbonyl (C=O) groups is 4. The topological polar surface area (TPSA) is 166 Å². The van der Waals surface area contributed by atoms with Crippen molar-refractivity contribution in [3.8, 4) is 11.3 Å². The molecule has 5 heterocycles. The van der Waals surface area contributed by atoms with Crippen LogP contribution < -0.4 is 10.6 Å². The van der Waals surface area contributed by atoms with Gasteiger partial charge in [0.1, 0.15) is 11.9 Å². The van der Waals surface area contributed by atoms with E-state index in [1.54, 1.807) is 17.2 Å². The molecule has 2 saturated carbocycles. The summed E-state index contributed by atoms with van der Waals surface area (Å²) in [5.74, 6) is -0.279. The van der Waals surface area contributed by atoms with E-state index in [1.165, 1.54) is 23.8 Å². The number of halogens is 2. The summed E-state index contributed by atoms with van der Waals surface area (Å²) in [6, 6.07) is 2.26. The molecule has 0 spiro atoms. The highest BCUT2D eigenvalue weighted by Gasteiger charge is 2.41. The molecular formula is C44H57ClFN9O5. The number of hydrogen-bond donors (Lipinski definition) is 3. The fourth-order valence-electron chi connectivity index (χ4n) is 9.95. The summed E-state index contributed by atoms with van der Waals surface area (Å²) < 4.78 is 16.8. The van der Waals surface area contributed by atoms with E-state index in [1.807, 2.05) is 17.9 Å². The third kappa shape index (κ3) is 9.62. The molecule has 2 atom stereocenters. The van der Waals surface area contributed by atoms with Gasteiger partial charge in [-0.1, -0.05) is 30.9 Å². The predicted molar refractivity (Wildman–Crippen MR) is 224 cm³/mol. The Bertz CT molecular complexity index is 2090. The normalized spacial score (nSPS) is 23.4.